The van der Waals surface area contributed by atoms with Gasteiger partial charge in [0.1, 0.15) is 5.82 Å². The van der Waals surface area contributed by atoms with E-state index in [1.54, 1.807) is 6.07 Å². The van der Waals surface area contributed by atoms with Crippen LogP contribution in [0.25, 0.3) is 11.3 Å². The summed E-state index contributed by atoms with van der Waals surface area (Å²) in [5.41, 5.74) is 6.94. The molecule has 0 spiro atoms. The Hall–Kier alpha value is -2.60. The first-order valence-electron chi connectivity index (χ1n) is 5.21. The fourth-order valence-electron chi connectivity index (χ4n) is 1.66. The summed E-state index contributed by atoms with van der Waals surface area (Å²) >= 11 is 0. The zero-order valence-electron chi connectivity index (χ0n) is 9.46. The van der Waals surface area contributed by atoms with E-state index in [0.717, 1.165) is 10.6 Å². The van der Waals surface area contributed by atoms with Gasteiger partial charge in [0, 0.05) is 5.69 Å². The number of H-pyrrole nitrogens is 1. The predicted octanol–water partition coefficient (Wildman–Crippen LogP) is 0.617. The summed E-state index contributed by atoms with van der Waals surface area (Å²) in [6.07, 6.45) is 0.396. The second-order valence-electron chi connectivity index (χ2n) is 3.69. The minimum atomic E-state index is -0.652. The molecule has 92 valence electrons. The number of carbonyl (C=O) groups is 2. The fraction of sp³-hybridized carbons (Fsp3) is 0. The first kappa shape index (κ1) is 11.9. The smallest absolute Gasteiger partial charge is 0.252 e. The highest BCUT2D eigenvalue weighted by Crippen LogP contribution is 2.25. The van der Waals surface area contributed by atoms with E-state index in [1.807, 2.05) is 30.3 Å². The molecule has 6 heteroatoms. The molecule has 1 aromatic carbocycles. The van der Waals surface area contributed by atoms with Crippen molar-refractivity contribution in [3.05, 3.63) is 42.0 Å². The van der Waals surface area contributed by atoms with Crippen LogP contribution >= 0.6 is 0 Å². The summed E-state index contributed by atoms with van der Waals surface area (Å²) in [7, 11) is 0. The van der Waals surface area contributed by atoms with Crippen LogP contribution in [-0.2, 0) is 4.79 Å². The van der Waals surface area contributed by atoms with Gasteiger partial charge in [0.2, 0.25) is 6.41 Å². The number of aromatic nitrogens is 1. The van der Waals surface area contributed by atoms with Gasteiger partial charge in [0.25, 0.3) is 5.91 Å². The maximum absolute atomic E-state index is 11.3. The molecule has 1 heterocycles. The number of benzene rings is 1. The minimum Gasteiger partial charge on any atom is -0.365 e. The quantitative estimate of drug-likeness (QED) is 0.317. The van der Waals surface area contributed by atoms with Gasteiger partial charge >= 0.3 is 0 Å². The van der Waals surface area contributed by atoms with Gasteiger partial charge in [-0.1, -0.05) is 30.3 Å². The molecule has 0 aliphatic rings. The van der Waals surface area contributed by atoms with E-state index >= 15 is 0 Å². The van der Waals surface area contributed by atoms with Crippen LogP contribution in [0.4, 0.5) is 5.82 Å². The van der Waals surface area contributed by atoms with E-state index in [9.17, 15) is 9.59 Å². The minimum absolute atomic E-state index is 0.170. The Morgan fingerprint density at radius 1 is 1.28 bits per heavy atom. The van der Waals surface area contributed by atoms with Crippen LogP contribution < -0.4 is 16.6 Å². The molecular weight excluding hydrogens is 232 g/mol. The molecule has 1 aromatic heterocycles. The highest BCUT2D eigenvalue weighted by molar-refractivity contribution is 6.01. The topological polar surface area (TPSA) is 105 Å². The molecule has 18 heavy (non-hydrogen) atoms. The van der Waals surface area contributed by atoms with E-state index in [1.165, 1.54) is 0 Å². The summed E-state index contributed by atoms with van der Waals surface area (Å²) in [6.45, 7) is 0. The number of nitrogens with one attached hydrogen (secondary N) is 1. The second kappa shape index (κ2) is 4.72. The third-order valence-corrected chi connectivity index (χ3v) is 2.52. The van der Waals surface area contributed by atoms with Gasteiger partial charge in [-0.3, -0.25) is 9.59 Å². The van der Waals surface area contributed by atoms with Crippen molar-refractivity contribution >= 4 is 18.1 Å². The number of amides is 2. The van der Waals surface area contributed by atoms with E-state index in [4.69, 9.17) is 11.6 Å². The first-order chi connectivity index (χ1) is 8.63. The van der Waals surface area contributed by atoms with Gasteiger partial charge in [-0.2, -0.15) is 0 Å². The SMILES string of the molecule is NC(=O)c1cc(-c2ccccc2)[nH]c1N(N)C=O. The van der Waals surface area contributed by atoms with Gasteiger partial charge < -0.3 is 10.7 Å². The molecule has 0 saturated heterocycles. The molecule has 2 amide bonds. The first-order valence-corrected chi connectivity index (χ1v) is 5.21. The summed E-state index contributed by atoms with van der Waals surface area (Å²) in [6, 6.07) is 10.9. The highest BCUT2D eigenvalue weighted by Gasteiger charge is 2.17. The number of rotatable bonds is 4. The van der Waals surface area contributed by atoms with Crippen molar-refractivity contribution in [1.29, 1.82) is 0 Å². The lowest BCUT2D eigenvalue weighted by atomic mass is 10.1. The number of hydrogen-bond acceptors (Lipinski definition) is 3. The standard InChI is InChI=1S/C12H12N4O2/c13-11(18)9-6-10(8-4-2-1-3-5-8)15-12(9)16(14)7-17/h1-7,15H,14H2,(H2,13,18). The Balaban J connectivity index is 2.52. The van der Waals surface area contributed by atoms with E-state index < -0.39 is 5.91 Å². The van der Waals surface area contributed by atoms with Crippen molar-refractivity contribution in [3.8, 4) is 11.3 Å². The number of hydrogen-bond donors (Lipinski definition) is 3. The van der Waals surface area contributed by atoms with Crippen molar-refractivity contribution in [2.24, 2.45) is 11.6 Å². The molecule has 0 radical (unpaired) electrons. The number of primary amides is 1. The Labute approximate surface area is 103 Å². The number of carbonyl (C=O) groups excluding carboxylic acids is 2. The largest absolute Gasteiger partial charge is 0.365 e. The van der Waals surface area contributed by atoms with Crippen LogP contribution in [0.3, 0.4) is 0 Å². The Morgan fingerprint density at radius 3 is 2.50 bits per heavy atom. The molecule has 0 aliphatic heterocycles. The van der Waals surface area contributed by atoms with Crippen LogP contribution in [0, 0.1) is 0 Å². The van der Waals surface area contributed by atoms with E-state index in [2.05, 4.69) is 4.98 Å². The van der Waals surface area contributed by atoms with Crippen molar-refractivity contribution in [2.75, 3.05) is 5.01 Å². The monoisotopic (exact) mass is 244 g/mol. The molecule has 0 atom stereocenters. The number of nitrogens with two attached hydrogens (primary N) is 2. The Kier molecular flexibility index (Phi) is 3.11. The van der Waals surface area contributed by atoms with Crippen molar-refractivity contribution in [3.63, 3.8) is 0 Å². The molecular formula is C12H12N4O2. The van der Waals surface area contributed by atoms with Gasteiger partial charge in [0.05, 0.1) is 5.56 Å². The molecule has 0 saturated carbocycles. The van der Waals surface area contributed by atoms with Crippen LogP contribution in [0.2, 0.25) is 0 Å². The molecule has 0 bridgehead atoms. The van der Waals surface area contributed by atoms with E-state index in [0.29, 0.717) is 12.1 Å². The predicted molar refractivity (Wildman–Crippen MR) is 67.5 cm³/mol. The van der Waals surface area contributed by atoms with Gasteiger partial charge in [0.15, 0.2) is 0 Å². The molecule has 0 aliphatic carbocycles. The molecule has 2 aromatic rings. The van der Waals surface area contributed by atoms with E-state index in [-0.39, 0.29) is 11.4 Å². The van der Waals surface area contributed by atoms with Crippen LogP contribution in [0.1, 0.15) is 10.4 Å². The fourth-order valence-corrected chi connectivity index (χ4v) is 1.66. The second-order valence-corrected chi connectivity index (χ2v) is 3.69. The van der Waals surface area contributed by atoms with Crippen LogP contribution in [0.15, 0.2) is 36.4 Å². The molecule has 2 rings (SSSR count). The number of nitrogens with zero attached hydrogens (tertiary/aromatic N) is 1. The number of anilines is 1. The molecule has 0 fully saturated rings. The Morgan fingerprint density at radius 2 is 1.94 bits per heavy atom. The average molecular weight is 244 g/mol. The van der Waals surface area contributed by atoms with Crippen molar-refractivity contribution < 1.29 is 9.59 Å². The summed E-state index contributed by atoms with van der Waals surface area (Å²) in [5, 5.41) is 0.784. The van der Waals surface area contributed by atoms with Gasteiger partial charge in [-0.15, -0.1) is 0 Å². The van der Waals surface area contributed by atoms with Gasteiger partial charge in [-0.25, -0.2) is 10.9 Å². The third-order valence-electron chi connectivity index (χ3n) is 2.52. The third kappa shape index (κ3) is 2.09. The summed E-state index contributed by atoms with van der Waals surface area (Å²) < 4.78 is 0. The maximum Gasteiger partial charge on any atom is 0.252 e. The maximum atomic E-state index is 11.3. The van der Waals surface area contributed by atoms with Crippen LogP contribution in [-0.4, -0.2) is 17.3 Å². The van der Waals surface area contributed by atoms with Crippen LogP contribution in [0.5, 0.6) is 0 Å². The average Bonchev–Trinajstić information content (AvgIpc) is 2.84. The number of aromatic amines is 1. The molecule has 6 nitrogen and oxygen atoms in total. The lowest BCUT2D eigenvalue weighted by Crippen LogP contribution is -2.31. The zero-order chi connectivity index (χ0) is 13.1. The molecule has 0 unspecified atom stereocenters. The lowest BCUT2D eigenvalue weighted by molar-refractivity contribution is -0.107. The number of hydrazine groups is 1. The van der Waals surface area contributed by atoms with Gasteiger partial charge in [-0.05, 0) is 11.6 Å². The zero-order valence-corrected chi connectivity index (χ0v) is 9.46. The molecule has 5 N–H and O–H groups in total. The highest BCUT2D eigenvalue weighted by atomic mass is 16.1. The van der Waals surface area contributed by atoms with Crippen molar-refractivity contribution in [2.45, 2.75) is 0 Å². The summed E-state index contributed by atoms with van der Waals surface area (Å²) in [4.78, 5) is 24.8. The normalized spacial score (nSPS) is 10.1. The Bertz CT molecular complexity index is 577. The lowest BCUT2D eigenvalue weighted by Gasteiger charge is -2.08. The van der Waals surface area contributed by atoms with Crippen molar-refractivity contribution in [1.82, 2.24) is 4.98 Å². The summed E-state index contributed by atoms with van der Waals surface area (Å²) in [5.74, 6) is 4.98.